The summed E-state index contributed by atoms with van der Waals surface area (Å²) >= 11 is 0.798. The molecule has 4 rings (SSSR count). The van der Waals surface area contributed by atoms with Crippen molar-refractivity contribution in [2.45, 2.75) is 23.7 Å². The van der Waals surface area contributed by atoms with Crippen LogP contribution in [0.1, 0.15) is 31.1 Å². The number of hydrogen-bond acceptors (Lipinski definition) is 9. The molecular weight excluding hydrogens is 496 g/mol. The summed E-state index contributed by atoms with van der Waals surface area (Å²) in [6, 6.07) is 24.9. The van der Waals surface area contributed by atoms with Crippen LogP contribution in [0.15, 0.2) is 91.0 Å². The van der Waals surface area contributed by atoms with Crippen molar-refractivity contribution in [1.82, 2.24) is 0 Å². The SMILES string of the molecule is N=C(N)S[C@@H]1O[C@H](COC(=O)c2ccccc2)[C@@H](OC(=O)c2ccccc2)[C@H]1OC(=O)c1ccccc1. The van der Waals surface area contributed by atoms with E-state index < -0.39 is 41.7 Å². The van der Waals surface area contributed by atoms with Crippen molar-refractivity contribution >= 4 is 34.8 Å². The molecule has 0 radical (unpaired) electrons. The first kappa shape index (κ1) is 25.9. The van der Waals surface area contributed by atoms with E-state index in [1.54, 1.807) is 91.0 Å². The Kier molecular flexibility index (Phi) is 8.55. The Balaban J connectivity index is 1.58. The summed E-state index contributed by atoms with van der Waals surface area (Å²) in [6.07, 6.45) is -3.29. The third-order valence-corrected chi connectivity index (χ3v) is 6.27. The van der Waals surface area contributed by atoms with Gasteiger partial charge in [0.05, 0.1) is 16.7 Å². The molecule has 1 aliphatic rings. The Morgan fingerprint density at radius 2 is 1.16 bits per heavy atom. The highest BCUT2D eigenvalue weighted by Gasteiger charge is 2.51. The average Bonchev–Trinajstić information content (AvgIpc) is 3.23. The lowest BCUT2D eigenvalue weighted by Gasteiger charge is -2.24. The molecule has 190 valence electrons. The molecule has 1 fully saturated rings. The van der Waals surface area contributed by atoms with Crippen LogP contribution >= 0.6 is 11.8 Å². The van der Waals surface area contributed by atoms with Crippen LogP contribution in [-0.2, 0) is 18.9 Å². The molecule has 10 heteroatoms. The number of esters is 3. The lowest BCUT2D eigenvalue weighted by molar-refractivity contribution is -0.0435. The average molecular weight is 521 g/mol. The van der Waals surface area contributed by atoms with Gasteiger partial charge in [0.2, 0.25) is 0 Å². The van der Waals surface area contributed by atoms with Gasteiger partial charge in [0.25, 0.3) is 0 Å². The summed E-state index contributed by atoms with van der Waals surface area (Å²) < 4.78 is 22.9. The molecule has 1 aliphatic heterocycles. The van der Waals surface area contributed by atoms with Gasteiger partial charge in [0, 0.05) is 0 Å². The van der Waals surface area contributed by atoms with Crippen molar-refractivity contribution < 1.29 is 33.3 Å². The third kappa shape index (κ3) is 6.75. The number of nitrogens with one attached hydrogen (secondary N) is 1. The Bertz CT molecular complexity index is 1240. The summed E-state index contributed by atoms with van der Waals surface area (Å²) in [4.78, 5) is 38.4. The fourth-order valence-corrected chi connectivity index (χ4v) is 4.45. The maximum absolute atomic E-state index is 12.9. The molecule has 3 aromatic rings. The summed E-state index contributed by atoms with van der Waals surface area (Å²) in [5, 5.41) is 7.42. The van der Waals surface area contributed by atoms with Crippen LogP contribution in [0.25, 0.3) is 0 Å². The standard InChI is InChI=1S/C27H24N2O7S/c28-27(29)37-26-22(36-25(32)19-14-8-3-9-15-19)21(35-24(31)18-12-6-2-7-13-18)20(34-26)16-33-23(30)17-10-4-1-5-11-17/h1-15,20-22,26H,16H2,(H3,28,29)/t20-,21-,22-,26+/m1/s1. The maximum Gasteiger partial charge on any atom is 0.338 e. The van der Waals surface area contributed by atoms with Crippen LogP contribution in [-0.4, -0.2) is 53.4 Å². The fraction of sp³-hybridized carbons (Fsp3) is 0.185. The minimum Gasteiger partial charge on any atom is -0.459 e. The van der Waals surface area contributed by atoms with Crippen molar-refractivity contribution in [3.8, 4) is 0 Å². The van der Waals surface area contributed by atoms with E-state index in [1.807, 2.05) is 0 Å². The van der Waals surface area contributed by atoms with Gasteiger partial charge in [-0.2, -0.15) is 0 Å². The second-order valence-electron chi connectivity index (χ2n) is 7.96. The molecule has 37 heavy (non-hydrogen) atoms. The Morgan fingerprint density at radius 3 is 1.62 bits per heavy atom. The molecule has 1 saturated heterocycles. The van der Waals surface area contributed by atoms with Crippen LogP contribution in [0.5, 0.6) is 0 Å². The van der Waals surface area contributed by atoms with Crippen LogP contribution in [0.3, 0.4) is 0 Å². The van der Waals surface area contributed by atoms with Crippen molar-refractivity contribution in [2.24, 2.45) is 5.73 Å². The second kappa shape index (κ2) is 12.2. The van der Waals surface area contributed by atoms with E-state index in [4.69, 9.17) is 30.1 Å². The van der Waals surface area contributed by atoms with Crippen LogP contribution < -0.4 is 5.73 Å². The van der Waals surface area contributed by atoms with Crippen LogP contribution in [0.4, 0.5) is 0 Å². The van der Waals surface area contributed by atoms with Gasteiger partial charge in [-0.25, -0.2) is 14.4 Å². The molecule has 0 aromatic heterocycles. The van der Waals surface area contributed by atoms with E-state index in [2.05, 4.69) is 0 Å². The van der Waals surface area contributed by atoms with Gasteiger partial charge in [-0.3, -0.25) is 5.41 Å². The number of carbonyl (C=O) groups is 3. The molecular formula is C27H24N2O7S. The van der Waals surface area contributed by atoms with Gasteiger partial charge in [-0.1, -0.05) is 66.4 Å². The monoisotopic (exact) mass is 520 g/mol. The lowest BCUT2D eigenvalue weighted by atomic mass is 10.1. The quantitative estimate of drug-likeness (QED) is 0.197. The minimum absolute atomic E-state index is 0.276. The number of nitrogens with two attached hydrogens (primary N) is 1. The molecule has 0 amide bonds. The van der Waals surface area contributed by atoms with Crippen molar-refractivity contribution in [3.63, 3.8) is 0 Å². The summed E-state index contributed by atoms with van der Waals surface area (Å²) in [6.45, 7) is -0.297. The first-order valence-electron chi connectivity index (χ1n) is 11.3. The zero-order chi connectivity index (χ0) is 26.2. The Morgan fingerprint density at radius 1 is 0.730 bits per heavy atom. The normalized spacial score (nSPS) is 20.5. The lowest BCUT2D eigenvalue weighted by Crippen LogP contribution is -2.41. The number of carbonyl (C=O) groups excluding carboxylic acids is 3. The van der Waals surface area contributed by atoms with Gasteiger partial charge < -0.3 is 24.7 Å². The van der Waals surface area contributed by atoms with Gasteiger partial charge in [0.15, 0.2) is 22.8 Å². The number of amidine groups is 1. The first-order valence-corrected chi connectivity index (χ1v) is 12.2. The van der Waals surface area contributed by atoms with E-state index in [0.29, 0.717) is 5.56 Å². The smallest absolute Gasteiger partial charge is 0.338 e. The van der Waals surface area contributed by atoms with E-state index in [9.17, 15) is 14.4 Å². The van der Waals surface area contributed by atoms with Gasteiger partial charge in [0.1, 0.15) is 12.7 Å². The predicted octanol–water partition coefficient (Wildman–Crippen LogP) is 3.65. The van der Waals surface area contributed by atoms with E-state index in [-0.39, 0.29) is 22.9 Å². The number of ether oxygens (including phenoxy) is 4. The minimum atomic E-state index is -1.15. The first-order chi connectivity index (χ1) is 17.9. The molecule has 0 saturated carbocycles. The number of rotatable bonds is 8. The number of benzene rings is 3. The Labute approximate surface area is 217 Å². The largest absolute Gasteiger partial charge is 0.459 e. The van der Waals surface area contributed by atoms with Crippen LogP contribution in [0, 0.1) is 5.41 Å². The van der Waals surface area contributed by atoms with Crippen molar-refractivity contribution in [3.05, 3.63) is 108 Å². The van der Waals surface area contributed by atoms with Gasteiger partial charge in [-0.15, -0.1) is 0 Å². The van der Waals surface area contributed by atoms with Crippen LogP contribution in [0.2, 0.25) is 0 Å². The highest BCUT2D eigenvalue weighted by atomic mass is 32.2. The van der Waals surface area contributed by atoms with E-state index in [0.717, 1.165) is 11.8 Å². The molecule has 4 atom stereocenters. The van der Waals surface area contributed by atoms with E-state index in [1.165, 1.54) is 0 Å². The topological polar surface area (TPSA) is 138 Å². The Hall–Kier alpha value is -4.15. The number of hydrogen-bond donors (Lipinski definition) is 2. The maximum atomic E-state index is 12.9. The molecule has 0 unspecified atom stereocenters. The molecule has 3 aromatic carbocycles. The van der Waals surface area contributed by atoms with Gasteiger partial charge >= 0.3 is 17.9 Å². The molecule has 9 nitrogen and oxygen atoms in total. The fourth-order valence-electron chi connectivity index (χ4n) is 3.66. The summed E-state index contributed by atoms with van der Waals surface area (Å²) in [5.41, 5.74) is 5.49. The zero-order valence-electron chi connectivity index (χ0n) is 19.5. The van der Waals surface area contributed by atoms with Crippen molar-refractivity contribution in [1.29, 1.82) is 5.41 Å². The predicted molar refractivity (Wildman–Crippen MR) is 136 cm³/mol. The molecule has 0 bridgehead atoms. The highest BCUT2D eigenvalue weighted by Crippen LogP contribution is 2.34. The number of thioether (sulfide) groups is 1. The van der Waals surface area contributed by atoms with E-state index >= 15 is 0 Å². The molecule has 1 heterocycles. The summed E-state index contributed by atoms with van der Waals surface area (Å²) in [7, 11) is 0. The molecule has 0 aliphatic carbocycles. The summed E-state index contributed by atoms with van der Waals surface area (Å²) in [5.74, 6) is -1.95. The highest BCUT2D eigenvalue weighted by molar-refractivity contribution is 8.14. The molecule has 3 N–H and O–H groups in total. The van der Waals surface area contributed by atoms with Gasteiger partial charge in [-0.05, 0) is 36.4 Å². The second-order valence-corrected chi connectivity index (χ2v) is 9.10. The van der Waals surface area contributed by atoms with Crippen molar-refractivity contribution in [2.75, 3.05) is 6.61 Å². The third-order valence-electron chi connectivity index (χ3n) is 5.40. The molecule has 0 spiro atoms. The zero-order valence-corrected chi connectivity index (χ0v) is 20.3.